The molecule has 0 aliphatic carbocycles. The van der Waals surface area contributed by atoms with Gasteiger partial charge < -0.3 is 5.32 Å². The maximum atomic E-state index is 13.6. The fourth-order valence-corrected chi connectivity index (χ4v) is 1.40. The van der Waals surface area contributed by atoms with E-state index in [0.717, 1.165) is 5.56 Å². The van der Waals surface area contributed by atoms with E-state index in [1.165, 1.54) is 6.07 Å². The molecular weight excluding hydrogens is 191 g/mol. The lowest BCUT2D eigenvalue weighted by Gasteiger charge is -2.05. The molecule has 0 atom stereocenters. The van der Waals surface area contributed by atoms with Crippen LogP contribution in [0, 0.1) is 5.82 Å². The zero-order valence-electron chi connectivity index (χ0n) is 9.05. The highest BCUT2D eigenvalue weighted by atomic mass is 19.1. The first kappa shape index (κ1) is 11.6. The monoisotopic (exact) mass is 206 g/mol. The maximum Gasteiger partial charge on any atom is 0.132 e. The van der Waals surface area contributed by atoms with Gasteiger partial charge in [0.05, 0.1) is 5.71 Å². The molecule has 0 spiro atoms. The minimum Gasteiger partial charge on any atom is -0.316 e. The van der Waals surface area contributed by atoms with Crippen LogP contribution in [0.4, 0.5) is 4.39 Å². The number of nitrogens with zero attached hydrogens (tertiary/aromatic N) is 1. The number of allylic oxidation sites excluding steroid dienone is 1. The van der Waals surface area contributed by atoms with Crippen LogP contribution < -0.4 is 5.32 Å². The van der Waals surface area contributed by atoms with Crippen LogP contribution in [0.25, 0.3) is 0 Å². The molecule has 1 rings (SSSR count). The zero-order valence-corrected chi connectivity index (χ0v) is 9.05. The van der Waals surface area contributed by atoms with Gasteiger partial charge in [-0.3, -0.25) is 4.99 Å². The SMILES string of the molecule is C=CC(=NC)c1ccc(CNC)cc1F. The van der Waals surface area contributed by atoms with E-state index >= 15 is 0 Å². The van der Waals surface area contributed by atoms with E-state index in [2.05, 4.69) is 16.9 Å². The predicted octanol–water partition coefficient (Wildman–Crippen LogP) is 2.15. The second kappa shape index (κ2) is 5.41. The van der Waals surface area contributed by atoms with Crippen molar-refractivity contribution in [3.63, 3.8) is 0 Å². The van der Waals surface area contributed by atoms with Crippen LogP contribution in [0.3, 0.4) is 0 Å². The van der Waals surface area contributed by atoms with Crippen LogP contribution in [0.5, 0.6) is 0 Å². The first-order chi connectivity index (χ1) is 7.22. The van der Waals surface area contributed by atoms with Crippen LogP contribution in [-0.2, 0) is 6.54 Å². The Balaban J connectivity index is 3.07. The molecule has 80 valence electrons. The van der Waals surface area contributed by atoms with Crippen LogP contribution in [0.1, 0.15) is 11.1 Å². The Morgan fingerprint density at radius 2 is 2.33 bits per heavy atom. The molecular formula is C12H15FN2. The third-order valence-electron chi connectivity index (χ3n) is 2.12. The molecule has 0 fully saturated rings. The summed E-state index contributed by atoms with van der Waals surface area (Å²) in [6, 6.07) is 5.12. The summed E-state index contributed by atoms with van der Waals surface area (Å²) in [5.74, 6) is -0.261. The second-order valence-electron chi connectivity index (χ2n) is 3.16. The van der Waals surface area contributed by atoms with Crippen molar-refractivity contribution in [2.75, 3.05) is 14.1 Å². The van der Waals surface area contributed by atoms with Crippen molar-refractivity contribution >= 4 is 5.71 Å². The summed E-state index contributed by atoms with van der Waals surface area (Å²) in [4.78, 5) is 3.96. The molecule has 0 unspecified atom stereocenters. The predicted molar refractivity (Wildman–Crippen MR) is 61.8 cm³/mol. The number of aliphatic imine (C=N–C) groups is 1. The third-order valence-corrected chi connectivity index (χ3v) is 2.12. The highest BCUT2D eigenvalue weighted by molar-refractivity contribution is 6.08. The van der Waals surface area contributed by atoms with Crippen LogP contribution >= 0.6 is 0 Å². The molecule has 2 nitrogen and oxygen atoms in total. The molecule has 0 bridgehead atoms. The second-order valence-corrected chi connectivity index (χ2v) is 3.16. The molecule has 0 amide bonds. The van der Waals surface area contributed by atoms with E-state index in [-0.39, 0.29) is 5.82 Å². The fourth-order valence-electron chi connectivity index (χ4n) is 1.40. The number of hydrogen-bond acceptors (Lipinski definition) is 2. The van der Waals surface area contributed by atoms with E-state index < -0.39 is 0 Å². The summed E-state index contributed by atoms with van der Waals surface area (Å²) >= 11 is 0. The van der Waals surface area contributed by atoms with Gasteiger partial charge in [-0.25, -0.2) is 4.39 Å². The average Bonchev–Trinajstić information content (AvgIpc) is 2.23. The lowest BCUT2D eigenvalue weighted by molar-refractivity contribution is 0.621. The minimum atomic E-state index is -0.261. The van der Waals surface area contributed by atoms with Crippen molar-refractivity contribution in [3.8, 4) is 0 Å². The molecule has 0 aromatic heterocycles. The highest BCUT2D eigenvalue weighted by Gasteiger charge is 2.06. The van der Waals surface area contributed by atoms with E-state index in [4.69, 9.17) is 0 Å². The van der Waals surface area contributed by atoms with E-state index in [0.29, 0.717) is 17.8 Å². The third kappa shape index (κ3) is 2.73. The smallest absolute Gasteiger partial charge is 0.132 e. The van der Waals surface area contributed by atoms with Crippen LogP contribution in [0.2, 0.25) is 0 Å². The Hall–Kier alpha value is -1.48. The van der Waals surface area contributed by atoms with Gasteiger partial charge in [-0.2, -0.15) is 0 Å². The van der Waals surface area contributed by atoms with E-state index in [9.17, 15) is 4.39 Å². The summed E-state index contributed by atoms with van der Waals surface area (Å²) in [5.41, 5.74) is 1.98. The molecule has 0 aliphatic rings. The van der Waals surface area contributed by atoms with Crippen molar-refractivity contribution < 1.29 is 4.39 Å². The lowest BCUT2D eigenvalue weighted by Crippen LogP contribution is -2.07. The highest BCUT2D eigenvalue weighted by Crippen LogP contribution is 2.12. The molecule has 3 heteroatoms. The fraction of sp³-hybridized carbons (Fsp3) is 0.250. The number of nitrogens with one attached hydrogen (secondary N) is 1. The van der Waals surface area contributed by atoms with Crippen molar-refractivity contribution in [1.82, 2.24) is 5.32 Å². The van der Waals surface area contributed by atoms with Gasteiger partial charge in [0.25, 0.3) is 0 Å². The average molecular weight is 206 g/mol. The Labute approximate surface area is 89.5 Å². The minimum absolute atomic E-state index is 0.261. The largest absolute Gasteiger partial charge is 0.316 e. The summed E-state index contributed by atoms with van der Waals surface area (Å²) in [6.45, 7) is 4.25. The summed E-state index contributed by atoms with van der Waals surface area (Å²) in [6.07, 6.45) is 1.55. The Kier molecular flexibility index (Phi) is 4.18. The summed E-state index contributed by atoms with van der Waals surface area (Å²) in [5, 5.41) is 2.97. The van der Waals surface area contributed by atoms with Crippen molar-refractivity contribution in [2.45, 2.75) is 6.54 Å². The summed E-state index contributed by atoms with van der Waals surface area (Å²) < 4.78 is 13.6. The van der Waals surface area contributed by atoms with Gasteiger partial charge in [0.1, 0.15) is 5.82 Å². The molecule has 0 saturated carbocycles. The van der Waals surface area contributed by atoms with Crippen LogP contribution in [-0.4, -0.2) is 19.8 Å². The first-order valence-electron chi connectivity index (χ1n) is 4.75. The number of halogens is 1. The van der Waals surface area contributed by atoms with Gasteiger partial charge in [0, 0.05) is 19.2 Å². The molecule has 0 heterocycles. The normalized spacial score (nSPS) is 11.5. The van der Waals surface area contributed by atoms with Gasteiger partial charge in [0.2, 0.25) is 0 Å². The van der Waals surface area contributed by atoms with Crippen molar-refractivity contribution in [3.05, 3.63) is 47.8 Å². The standard InChI is InChI=1S/C12H15FN2/c1-4-12(15-3)10-6-5-9(8-14-2)7-11(10)13/h4-7,14H,1,8H2,2-3H3. The van der Waals surface area contributed by atoms with Crippen molar-refractivity contribution in [2.24, 2.45) is 4.99 Å². The van der Waals surface area contributed by atoms with Gasteiger partial charge in [0.15, 0.2) is 0 Å². The molecule has 0 saturated heterocycles. The quantitative estimate of drug-likeness (QED) is 0.750. The lowest BCUT2D eigenvalue weighted by atomic mass is 10.1. The molecule has 15 heavy (non-hydrogen) atoms. The zero-order chi connectivity index (χ0) is 11.3. The first-order valence-corrected chi connectivity index (χ1v) is 4.75. The molecule has 1 aromatic rings. The van der Waals surface area contributed by atoms with Gasteiger partial charge >= 0.3 is 0 Å². The topological polar surface area (TPSA) is 24.4 Å². The van der Waals surface area contributed by atoms with Gasteiger partial charge in [-0.05, 0) is 30.8 Å². The molecule has 0 aliphatic heterocycles. The van der Waals surface area contributed by atoms with Crippen LogP contribution in [0.15, 0.2) is 35.8 Å². The molecule has 1 N–H and O–H groups in total. The number of hydrogen-bond donors (Lipinski definition) is 1. The van der Waals surface area contributed by atoms with E-state index in [1.54, 1.807) is 19.2 Å². The Morgan fingerprint density at radius 1 is 1.60 bits per heavy atom. The van der Waals surface area contributed by atoms with Gasteiger partial charge in [-0.1, -0.05) is 12.6 Å². The Morgan fingerprint density at radius 3 is 2.80 bits per heavy atom. The molecule has 1 aromatic carbocycles. The number of benzene rings is 1. The Bertz CT molecular complexity index is 383. The van der Waals surface area contributed by atoms with Crippen molar-refractivity contribution in [1.29, 1.82) is 0 Å². The van der Waals surface area contributed by atoms with E-state index in [1.807, 2.05) is 13.1 Å². The number of rotatable bonds is 4. The maximum absolute atomic E-state index is 13.6. The molecule has 0 radical (unpaired) electrons. The summed E-state index contributed by atoms with van der Waals surface area (Å²) in [7, 11) is 3.45. The van der Waals surface area contributed by atoms with Gasteiger partial charge in [-0.15, -0.1) is 0 Å².